The molecule has 0 spiro atoms. The molecule has 0 aliphatic carbocycles. The second kappa shape index (κ2) is 7.96. The van der Waals surface area contributed by atoms with E-state index in [4.69, 9.17) is 0 Å². The van der Waals surface area contributed by atoms with Gasteiger partial charge in [-0.2, -0.15) is 0 Å². The Kier molecular flexibility index (Phi) is 5.26. The number of nitrogens with one attached hydrogen (secondary N) is 2. The molecule has 1 amide bonds. The van der Waals surface area contributed by atoms with Crippen molar-refractivity contribution in [3.05, 3.63) is 66.4 Å². The van der Waals surface area contributed by atoms with E-state index in [2.05, 4.69) is 30.6 Å². The fourth-order valence-electron chi connectivity index (χ4n) is 2.22. The number of hydrogen-bond acceptors (Lipinski definition) is 6. The van der Waals surface area contributed by atoms with Crippen LogP contribution in [0.15, 0.2) is 55.2 Å². The summed E-state index contributed by atoms with van der Waals surface area (Å²) >= 11 is 0. The average Bonchev–Trinajstić information content (AvgIpc) is 2.67. The Bertz CT molecular complexity index is 836. The maximum Gasteiger partial charge on any atom is 0.254 e. The highest BCUT2D eigenvalue weighted by Gasteiger charge is 2.08. The van der Waals surface area contributed by atoms with Gasteiger partial charge in [-0.15, -0.1) is 0 Å². The summed E-state index contributed by atoms with van der Waals surface area (Å²) in [7, 11) is 0. The SMILES string of the molecule is Cc1cnccc1NCCNC(=O)c1cnc(-c2ccccn2)nc1. The summed E-state index contributed by atoms with van der Waals surface area (Å²) < 4.78 is 0. The standard InChI is InChI=1S/C18H18N6O/c1-13-10-19-7-5-15(13)21-8-9-22-18(25)14-11-23-17(24-12-14)16-4-2-3-6-20-16/h2-7,10-12H,8-9H2,1H3,(H,19,21)(H,22,25). The lowest BCUT2D eigenvalue weighted by atomic mass is 10.2. The van der Waals surface area contributed by atoms with Crippen molar-refractivity contribution >= 4 is 11.6 Å². The Hall–Kier alpha value is -3.35. The zero-order valence-corrected chi connectivity index (χ0v) is 13.8. The summed E-state index contributed by atoms with van der Waals surface area (Å²) in [6.45, 7) is 3.08. The van der Waals surface area contributed by atoms with Gasteiger partial charge in [0, 0.05) is 49.8 Å². The Morgan fingerprint density at radius 2 is 1.84 bits per heavy atom. The fourth-order valence-corrected chi connectivity index (χ4v) is 2.22. The lowest BCUT2D eigenvalue weighted by Gasteiger charge is -2.09. The zero-order chi connectivity index (χ0) is 17.5. The molecule has 3 heterocycles. The Balaban J connectivity index is 1.51. The minimum atomic E-state index is -0.208. The van der Waals surface area contributed by atoms with Crippen LogP contribution in [0.25, 0.3) is 11.5 Å². The molecule has 0 saturated carbocycles. The summed E-state index contributed by atoms with van der Waals surface area (Å²) in [5.74, 6) is 0.285. The first-order valence-electron chi connectivity index (χ1n) is 7.90. The van der Waals surface area contributed by atoms with Gasteiger partial charge in [-0.05, 0) is 30.7 Å². The van der Waals surface area contributed by atoms with Gasteiger partial charge in [-0.1, -0.05) is 6.07 Å². The van der Waals surface area contributed by atoms with Crippen LogP contribution < -0.4 is 10.6 Å². The van der Waals surface area contributed by atoms with E-state index in [1.54, 1.807) is 18.6 Å². The minimum Gasteiger partial charge on any atom is -0.383 e. The molecule has 0 aliphatic rings. The molecule has 0 unspecified atom stereocenters. The van der Waals surface area contributed by atoms with E-state index in [1.807, 2.05) is 31.2 Å². The van der Waals surface area contributed by atoms with Crippen LogP contribution in [0.3, 0.4) is 0 Å². The third-order valence-corrected chi connectivity index (χ3v) is 3.55. The topological polar surface area (TPSA) is 92.7 Å². The first-order valence-corrected chi connectivity index (χ1v) is 7.90. The lowest BCUT2D eigenvalue weighted by Crippen LogP contribution is -2.29. The van der Waals surface area contributed by atoms with Crippen LogP contribution in [0.4, 0.5) is 5.69 Å². The Labute approximate surface area is 145 Å². The molecule has 7 nitrogen and oxygen atoms in total. The summed E-state index contributed by atoms with van der Waals surface area (Å²) in [5.41, 5.74) is 3.16. The normalized spacial score (nSPS) is 10.3. The molecule has 0 saturated heterocycles. The molecule has 0 fully saturated rings. The highest BCUT2D eigenvalue weighted by Crippen LogP contribution is 2.11. The first kappa shape index (κ1) is 16.5. The number of hydrogen-bond donors (Lipinski definition) is 2. The summed E-state index contributed by atoms with van der Waals surface area (Å²) in [6.07, 6.45) is 8.21. The van der Waals surface area contributed by atoms with Crippen LogP contribution in [0.1, 0.15) is 15.9 Å². The summed E-state index contributed by atoms with van der Waals surface area (Å²) in [4.78, 5) is 28.8. The maximum atomic E-state index is 12.1. The van der Waals surface area contributed by atoms with E-state index in [-0.39, 0.29) is 5.91 Å². The van der Waals surface area contributed by atoms with Gasteiger partial charge in [0.15, 0.2) is 5.82 Å². The number of aromatic nitrogens is 4. The maximum absolute atomic E-state index is 12.1. The summed E-state index contributed by atoms with van der Waals surface area (Å²) in [5, 5.41) is 6.09. The smallest absolute Gasteiger partial charge is 0.254 e. The van der Waals surface area contributed by atoms with Gasteiger partial charge in [0.05, 0.1) is 5.56 Å². The molecule has 2 N–H and O–H groups in total. The van der Waals surface area contributed by atoms with Gasteiger partial charge >= 0.3 is 0 Å². The molecule has 3 rings (SSSR count). The van der Waals surface area contributed by atoms with Crippen molar-refractivity contribution in [3.8, 4) is 11.5 Å². The molecule has 0 radical (unpaired) electrons. The minimum absolute atomic E-state index is 0.208. The number of carbonyl (C=O) groups is 1. The highest BCUT2D eigenvalue weighted by atomic mass is 16.1. The van der Waals surface area contributed by atoms with Crippen molar-refractivity contribution in [3.63, 3.8) is 0 Å². The van der Waals surface area contributed by atoms with Gasteiger partial charge in [-0.25, -0.2) is 9.97 Å². The number of amides is 1. The van der Waals surface area contributed by atoms with Crippen molar-refractivity contribution in [1.82, 2.24) is 25.3 Å². The number of rotatable bonds is 6. The molecule has 0 bridgehead atoms. The first-order chi connectivity index (χ1) is 12.2. The number of aryl methyl sites for hydroxylation is 1. The predicted octanol–water partition coefficient (Wildman–Crippen LogP) is 2.08. The number of nitrogens with zero attached hydrogens (tertiary/aromatic N) is 4. The van der Waals surface area contributed by atoms with E-state index in [1.165, 1.54) is 12.4 Å². The Morgan fingerprint density at radius 1 is 1.00 bits per heavy atom. The summed E-state index contributed by atoms with van der Waals surface area (Å²) in [6, 6.07) is 7.42. The Morgan fingerprint density at radius 3 is 2.56 bits per heavy atom. The van der Waals surface area contributed by atoms with Gasteiger partial charge in [0.2, 0.25) is 0 Å². The van der Waals surface area contributed by atoms with Gasteiger partial charge in [0.25, 0.3) is 5.91 Å². The molecule has 126 valence electrons. The van der Waals surface area contributed by atoms with E-state index < -0.39 is 0 Å². The van der Waals surface area contributed by atoms with Crippen LogP contribution in [-0.4, -0.2) is 38.9 Å². The van der Waals surface area contributed by atoms with Crippen molar-refractivity contribution in [2.75, 3.05) is 18.4 Å². The predicted molar refractivity (Wildman–Crippen MR) is 95.1 cm³/mol. The zero-order valence-electron chi connectivity index (χ0n) is 13.8. The fraction of sp³-hybridized carbons (Fsp3) is 0.167. The molecular weight excluding hydrogens is 316 g/mol. The van der Waals surface area contributed by atoms with Gasteiger partial charge in [0.1, 0.15) is 5.69 Å². The van der Waals surface area contributed by atoms with Crippen LogP contribution >= 0.6 is 0 Å². The average molecular weight is 334 g/mol. The third-order valence-electron chi connectivity index (χ3n) is 3.55. The van der Waals surface area contributed by atoms with Crippen LogP contribution in [-0.2, 0) is 0 Å². The van der Waals surface area contributed by atoms with Crippen molar-refractivity contribution in [2.24, 2.45) is 0 Å². The van der Waals surface area contributed by atoms with E-state index >= 15 is 0 Å². The van der Waals surface area contributed by atoms with Crippen molar-refractivity contribution < 1.29 is 4.79 Å². The van der Waals surface area contributed by atoms with Crippen LogP contribution in [0, 0.1) is 6.92 Å². The number of anilines is 1. The number of carbonyl (C=O) groups excluding carboxylic acids is 1. The van der Waals surface area contributed by atoms with Crippen molar-refractivity contribution in [2.45, 2.75) is 6.92 Å². The van der Waals surface area contributed by atoms with Crippen LogP contribution in [0.2, 0.25) is 0 Å². The molecule has 7 heteroatoms. The molecule has 25 heavy (non-hydrogen) atoms. The molecule has 3 aromatic rings. The van der Waals surface area contributed by atoms with E-state index in [9.17, 15) is 4.79 Å². The number of pyridine rings is 2. The van der Waals surface area contributed by atoms with Crippen LogP contribution in [0.5, 0.6) is 0 Å². The quantitative estimate of drug-likeness (QED) is 0.671. The second-order valence-corrected chi connectivity index (χ2v) is 5.38. The lowest BCUT2D eigenvalue weighted by molar-refractivity contribution is 0.0954. The monoisotopic (exact) mass is 334 g/mol. The van der Waals surface area contributed by atoms with Gasteiger partial charge in [-0.3, -0.25) is 14.8 Å². The van der Waals surface area contributed by atoms with E-state index in [0.29, 0.717) is 30.2 Å². The van der Waals surface area contributed by atoms with E-state index in [0.717, 1.165) is 11.3 Å². The molecule has 0 atom stereocenters. The largest absolute Gasteiger partial charge is 0.383 e. The molecule has 3 aromatic heterocycles. The molecule has 0 aromatic carbocycles. The third kappa shape index (κ3) is 4.35. The highest BCUT2D eigenvalue weighted by molar-refractivity contribution is 5.93. The molecular formula is C18H18N6O. The van der Waals surface area contributed by atoms with Gasteiger partial charge < -0.3 is 10.6 Å². The second-order valence-electron chi connectivity index (χ2n) is 5.38. The molecule has 0 aliphatic heterocycles. The van der Waals surface area contributed by atoms with Crippen molar-refractivity contribution in [1.29, 1.82) is 0 Å².